The van der Waals surface area contributed by atoms with Crippen molar-refractivity contribution in [3.63, 3.8) is 0 Å². The molecule has 1 aliphatic carbocycles. The predicted octanol–water partition coefficient (Wildman–Crippen LogP) is 16.3. The number of hydrogen-bond donors (Lipinski definition) is 0. The standard InChI is InChI=1S/C59H38N2O/c1-3-15-40(16-4-1)44-18-13-19-47(39-44)60(46-36-31-43(32-37-46)50-24-14-25-52-51-22-5-2-6-28-57(51)62-59(50)52)45-34-29-42(30-35-45)48-20-9-11-26-54(48)61-55-27-12-10-23-53(55)58-49-21-8-7-17-41(49)33-38-56(58)61/h1-5,7-39H. The first-order chi connectivity index (χ1) is 30.8. The highest BCUT2D eigenvalue weighted by Crippen LogP contribution is 2.43. The number of rotatable bonds is 7. The zero-order chi connectivity index (χ0) is 41.0. The molecule has 3 heteroatoms. The zero-order valence-corrected chi connectivity index (χ0v) is 33.7. The van der Waals surface area contributed by atoms with Gasteiger partial charge in [-0.1, -0.05) is 158 Å². The minimum Gasteiger partial charge on any atom is -0.455 e. The monoisotopic (exact) mass is 790 g/mol. The molecule has 9 aromatic carbocycles. The normalized spacial score (nSPS) is 12.1. The number of anilines is 3. The summed E-state index contributed by atoms with van der Waals surface area (Å²) in [7, 11) is 0. The largest absolute Gasteiger partial charge is 0.455 e. The minimum atomic E-state index is 0.827. The van der Waals surface area contributed by atoms with Crippen molar-refractivity contribution >= 4 is 72.8 Å². The molecule has 0 N–H and O–H groups in total. The summed E-state index contributed by atoms with van der Waals surface area (Å²) in [5.74, 6) is 0.827. The van der Waals surface area contributed by atoms with Gasteiger partial charge in [-0.15, -0.1) is 5.73 Å². The Kier molecular flexibility index (Phi) is 8.45. The number of nitrogens with zero attached hydrogens (tertiary/aromatic N) is 2. The van der Waals surface area contributed by atoms with Crippen molar-refractivity contribution < 1.29 is 4.42 Å². The fourth-order valence-corrected chi connectivity index (χ4v) is 9.38. The van der Waals surface area contributed by atoms with Crippen LogP contribution in [0.2, 0.25) is 0 Å². The molecule has 62 heavy (non-hydrogen) atoms. The molecule has 0 saturated carbocycles. The fourth-order valence-electron chi connectivity index (χ4n) is 9.38. The fraction of sp³-hybridized carbons (Fsp3) is 0. The second-order valence-electron chi connectivity index (χ2n) is 15.8. The van der Waals surface area contributed by atoms with E-state index in [1.165, 1.54) is 43.7 Å². The number of benzene rings is 9. The summed E-state index contributed by atoms with van der Waals surface area (Å²) in [6.07, 6.45) is 7.94. The predicted molar refractivity (Wildman–Crippen MR) is 261 cm³/mol. The number of furan rings is 1. The summed E-state index contributed by atoms with van der Waals surface area (Å²) in [5, 5.41) is 6.15. The van der Waals surface area contributed by atoms with Gasteiger partial charge in [0.05, 0.1) is 16.7 Å². The maximum Gasteiger partial charge on any atom is 0.143 e. The Morgan fingerprint density at radius 3 is 1.95 bits per heavy atom. The molecule has 0 bridgehead atoms. The van der Waals surface area contributed by atoms with E-state index in [1.54, 1.807) is 0 Å². The summed E-state index contributed by atoms with van der Waals surface area (Å²) >= 11 is 0. The molecule has 3 nitrogen and oxygen atoms in total. The first-order valence-electron chi connectivity index (χ1n) is 21.1. The molecule has 0 amide bonds. The summed E-state index contributed by atoms with van der Waals surface area (Å²) in [4.78, 5) is 2.35. The van der Waals surface area contributed by atoms with Gasteiger partial charge in [-0.2, -0.15) is 0 Å². The highest BCUT2D eigenvalue weighted by atomic mass is 16.3. The van der Waals surface area contributed by atoms with Gasteiger partial charge in [-0.05, 0) is 99.8 Å². The van der Waals surface area contributed by atoms with Gasteiger partial charge in [0.15, 0.2) is 0 Å². The van der Waals surface area contributed by atoms with Gasteiger partial charge >= 0.3 is 0 Å². The Labute approximate surface area is 359 Å². The van der Waals surface area contributed by atoms with Crippen LogP contribution in [0.4, 0.5) is 17.1 Å². The van der Waals surface area contributed by atoms with Crippen LogP contribution in [-0.4, -0.2) is 4.57 Å². The van der Waals surface area contributed by atoms with Crippen molar-refractivity contribution in [1.29, 1.82) is 0 Å². The van der Waals surface area contributed by atoms with Crippen LogP contribution in [0, 0.1) is 0 Å². The molecule has 0 radical (unpaired) electrons. The van der Waals surface area contributed by atoms with Crippen LogP contribution in [0.15, 0.2) is 229 Å². The van der Waals surface area contributed by atoms with Crippen molar-refractivity contribution in [3.05, 3.63) is 235 Å². The van der Waals surface area contributed by atoms with Gasteiger partial charge in [0, 0.05) is 56.0 Å². The average molecular weight is 791 g/mol. The summed E-state index contributed by atoms with van der Waals surface area (Å²) in [5.41, 5.74) is 18.7. The molecular formula is C59H38N2O. The van der Waals surface area contributed by atoms with E-state index in [0.29, 0.717) is 0 Å². The Bertz CT molecular complexity index is 3600. The average Bonchev–Trinajstić information content (AvgIpc) is 3.77. The Balaban J connectivity index is 0.969. The van der Waals surface area contributed by atoms with Gasteiger partial charge in [0.2, 0.25) is 0 Å². The van der Waals surface area contributed by atoms with Crippen LogP contribution in [0.25, 0.3) is 94.8 Å². The van der Waals surface area contributed by atoms with E-state index in [1.807, 2.05) is 18.2 Å². The second kappa shape index (κ2) is 14.7. The molecule has 0 aliphatic heterocycles. The van der Waals surface area contributed by atoms with Crippen molar-refractivity contribution in [2.45, 2.75) is 0 Å². The van der Waals surface area contributed by atoms with E-state index in [2.05, 4.69) is 228 Å². The number of fused-ring (bicyclic) bond motifs is 8. The van der Waals surface area contributed by atoms with Crippen LogP contribution in [0.5, 0.6) is 0 Å². The molecule has 0 saturated heterocycles. The Morgan fingerprint density at radius 1 is 0.452 bits per heavy atom. The molecule has 1 aliphatic rings. The Morgan fingerprint density at radius 2 is 1.11 bits per heavy atom. The van der Waals surface area contributed by atoms with Gasteiger partial charge in [0.25, 0.3) is 0 Å². The minimum absolute atomic E-state index is 0.827. The van der Waals surface area contributed by atoms with Gasteiger partial charge < -0.3 is 13.9 Å². The third-order valence-electron chi connectivity index (χ3n) is 12.2. The van der Waals surface area contributed by atoms with Crippen LogP contribution in [0.3, 0.4) is 0 Å². The van der Waals surface area contributed by atoms with Gasteiger partial charge in [-0.25, -0.2) is 0 Å². The molecule has 0 atom stereocenters. The molecule has 0 unspecified atom stereocenters. The van der Waals surface area contributed by atoms with Crippen molar-refractivity contribution in [2.24, 2.45) is 0 Å². The van der Waals surface area contributed by atoms with Crippen LogP contribution in [0.1, 0.15) is 11.3 Å². The number of hydrogen-bond acceptors (Lipinski definition) is 2. The first-order valence-corrected chi connectivity index (χ1v) is 21.1. The molecule has 0 spiro atoms. The maximum absolute atomic E-state index is 6.47. The lowest BCUT2D eigenvalue weighted by Gasteiger charge is -2.26. The van der Waals surface area contributed by atoms with E-state index in [0.717, 1.165) is 67.3 Å². The maximum atomic E-state index is 6.47. The molecular weight excluding hydrogens is 753 g/mol. The van der Waals surface area contributed by atoms with E-state index >= 15 is 0 Å². The zero-order valence-electron chi connectivity index (χ0n) is 33.7. The molecule has 290 valence electrons. The van der Waals surface area contributed by atoms with E-state index in [-0.39, 0.29) is 0 Å². The molecule has 0 fully saturated rings. The van der Waals surface area contributed by atoms with Crippen LogP contribution >= 0.6 is 0 Å². The van der Waals surface area contributed by atoms with Gasteiger partial charge in [-0.3, -0.25) is 0 Å². The van der Waals surface area contributed by atoms with E-state index in [4.69, 9.17) is 4.42 Å². The lowest BCUT2D eigenvalue weighted by molar-refractivity contribution is 0.604. The summed E-state index contributed by atoms with van der Waals surface area (Å²) in [6.45, 7) is 0. The van der Waals surface area contributed by atoms with Crippen LogP contribution in [-0.2, 0) is 0 Å². The number of allylic oxidation sites excluding steroid dienone is 2. The molecule has 2 heterocycles. The van der Waals surface area contributed by atoms with Crippen LogP contribution < -0.4 is 4.90 Å². The summed E-state index contributed by atoms with van der Waals surface area (Å²) in [6, 6.07) is 74.5. The molecule has 12 rings (SSSR count). The van der Waals surface area contributed by atoms with Crippen molar-refractivity contribution in [2.75, 3.05) is 4.90 Å². The van der Waals surface area contributed by atoms with Crippen molar-refractivity contribution in [3.8, 4) is 39.1 Å². The third-order valence-corrected chi connectivity index (χ3v) is 12.2. The lowest BCUT2D eigenvalue weighted by Crippen LogP contribution is -2.10. The van der Waals surface area contributed by atoms with E-state index in [9.17, 15) is 0 Å². The third kappa shape index (κ3) is 5.91. The molecule has 11 aromatic rings. The molecule has 2 aromatic heterocycles. The number of aromatic nitrogens is 1. The number of para-hydroxylation sites is 3. The topological polar surface area (TPSA) is 21.3 Å². The Hall–Kier alpha value is -8.36. The first kappa shape index (κ1) is 35.6. The summed E-state index contributed by atoms with van der Waals surface area (Å²) < 4.78 is 8.90. The highest BCUT2D eigenvalue weighted by molar-refractivity contribution is 6.21. The lowest BCUT2D eigenvalue weighted by atomic mass is 10.00. The second-order valence-corrected chi connectivity index (χ2v) is 15.8. The SMILES string of the molecule is C1=CC=Cc2c(oc3c(-c4ccc(N(c5ccc(-c6ccccc6-n6c7ccccc7c7c8ccccc8ccc76)cc5)c5cccc(-c6ccccc6)c5)cc4)cccc23)C=1. The quantitative estimate of drug-likeness (QED) is 0.150. The van der Waals surface area contributed by atoms with E-state index < -0.39 is 0 Å². The van der Waals surface area contributed by atoms with Gasteiger partial charge in [0.1, 0.15) is 11.3 Å². The van der Waals surface area contributed by atoms with Crippen molar-refractivity contribution in [1.82, 2.24) is 4.57 Å². The smallest absolute Gasteiger partial charge is 0.143 e. The highest BCUT2D eigenvalue weighted by Gasteiger charge is 2.20.